The summed E-state index contributed by atoms with van der Waals surface area (Å²) in [6, 6.07) is 12.4. The molecule has 2 heterocycles. The quantitative estimate of drug-likeness (QED) is 0.659. The van der Waals surface area contributed by atoms with Gasteiger partial charge in [-0.15, -0.1) is 0 Å². The van der Waals surface area contributed by atoms with Gasteiger partial charge in [0.1, 0.15) is 5.69 Å². The van der Waals surface area contributed by atoms with E-state index < -0.39 is 0 Å². The standard InChI is InChI=1S/C20H21ClN4O3/c1-3-22-19(26)13-24(4-2)20(27)16-12-17(18-9-6-10-28-18)25(23-16)15-8-5-7-14(21)11-15/h5-12H,3-4,13H2,1-2H3,(H,22,26). The number of benzene rings is 1. The van der Waals surface area contributed by atoms with E-state index in [2.05, 4.69) is 10.4 Å². The normalized spacial score (nSPS) is 10.7. The van der Waals surface area contributed by atoms with E-state index >= 15 is 0 Å². The number of likely N-dealkylation sites (N-methyl/N-ethyl adjacent to an activating group) is 2. The zero-order valence-electron chi connectivity index (χ0n) is 15.7. The van der Waals surface area contributed by atoms with Gasteiger partial charge in [-0.2, -0.15) is 5.10 Å². The zero-order valence-corrected chi connectivity index (χ0v) is 16.4. The van der Waals surface area contributed by atoms with Crippen LogP contribution in [0.1, 0.15) is 24.3 Å². The van der Waals surface area contributed by atoms with E-state index in [4.69, 9.17) is 16.0 Å². The topological polar surface area (TPSA) is 80.4 Å². The van der Waals surface area contributed by atoms with Crippen molar-refractivity contribution >= 4 is 23.4 Å². The van der Waals surface area contributed by atoms with Gasteiger partial charge in [0.15, 0.2) is 11.5 Å². The van der Waals surface area contributed by atoms with Crippen molar-refractivity contribution in [1.29, 1.82) is 0 Å². The van der Waals surface area contributed by atoms with Gasteiger partial charge in [0.2, 0.25) is 5.91 Å². The van der Waals surface area contributed by atoms with E-state index in [1.54, 1.807) is 47.3 Å². The summed E-state index contributed by atoms with van der Waals surface area (Å²) in [5, 5.41) is 7.73. The lowest BCUT2D eigenvalue weighted by atomic mass is 10.2. The molecule has 0 aliphatic carbocycles. The largest absolute Gasteiger partial charge is 0.463 e. The first-order valence-corrected chi connectivity index (χ1v) is 9.37. The summed E-state index contributed by atoms with van der Waals surface area (Å²) in [4.78, 5) is 26.3. The molecule has 0 saturated heterocycles. The van der Waals surface area contributed by atoms with E-state index in [1.807, 2.05) is 19.9 Å². The maximum atomic E-state index is 13.0. The number of nitrogens with one attached hydrogen (secondary N) is 1. The molecular weight excluding hydrogens is 380 g/mol. The average Bonchev–Trinajstić information content (AvgIpc) is 3.35. The molecule has 0 unspecified atom stereocenters. The number of carbonyl (C=O) groups is 2. The first-order chi connectivity index (χ1) is 13.5. The summed E-state index contributed by atoms with van der Waals surface area (Å²) in [5.41, 5.74) is 1.53. The maximum absolute atomic E-state index is 13.0. The summed E-state index contributed by atoms with van der Waals surface area (Å²) >= 11 is 6.12. The van der Waals surface area contributed by atoms with E-state index in [-0.39, 0.29) is 24.1 Å². The van der Waals surface area contributed by atoms with Crippen molar-refractivity contribution < 1.29 is 14.0 Å². The summed E-state index contributed by atoms with van der Waals surface area (Å²) in [5.74, 6) is 0.0267. The molecule has 0 saturated carbocycles. The minimum atomic E-state index is -0.331. The molecule has 146 valence electrons. The van der Waals surface area contributed by atoms with Crippen LogP contribution in [-0.2, 0) is 4.79 Å². The van der Waals surface area contributed by atoms with Gasteiger partial charge in [0, 0.05) is 24.2 Å². The van der Waals surface area contributed by atoms with Crippen LogP contribution in [0, 0.1) is 0 Å². The molecule has 7 nitrogen and oxygen atoms in total. The molecule has 2 amide bonds. The molecule has 8 heteroatoms. The third kappa shape index (κ3) is 4.26. The number of hydrogen-bond acceptors (Lipinski definition) is 4. The van der Waals surface area contributed by atoms with Crippen molar-refractivity contribution in [3.63, 3.8) is 0 Å². The van der Waals surface area contributed by atoms with Gasteiger partial charge in [-0.1, -0.05) is 17.7 Å². The van der Waals surface area contributed by atoms with Gasteiger partial charge >= 0.3 is 0 Å². The van der Waals surface area contributed by atoms with Crippen LogP contribution in [0.25, 0.3) is 17.1 Å². The maximum Gasteiger partial charge on any atom is 0.274 e. The van der Waals surface area contributed by atoms with E-state index in [1.165, 1.54) is 4.90 Å². The molecule has 0 aliphatic rings. The number of hydrogen-bond donors (Lipinski definition) is 1. The van der Waals surface area contributed by atoms with Crippen molar-refractivity contribution in [3.8, 4) is 17.1 Å². The molecule has 0 spiro atoms. The smallest absolute Gasteiger partial charge is 0.274 e. The van der Waals surface area contributed by atoms with Crippen LogP contribution in [0.15, 0.2) is 53.1 Å². The van der Waals surface area contributed by atoms with Gasteiger partial charge in [0.25, 0.3) is 5.91 Å². The second-order valence-electron chi connectivity index (χ2n) is 6.06. The monoisotopic (exact) mass is 400 g/mol. The fraction of sp³-hybridized carbons (Fsp3) is 0.250. The highest BCUT2D eigenvalue weighted by molar-refractivity contribution is 6.30. The Morgan fingerprint density at radius 1 is 1.21 bits per heavy atom. The highest BCUT2D eigenvalue weighted by atomic mass is 35.5. The van der Waals surface area contributed by atoms with Crippen molar-refractivity contribution in [2.75, 3.05) is 19.6 Å². The third-order valence-corrected chi connectivity index (χ3v) is 4.37. The van der Waals surface area contributed by atoms with Crippen molar-refractivity contribution in [2.24, 2.45) is 0 Å². The summed E-state index contributed by atoms with van der Waals surface area (Å²) < 4.78 is 7.11. The lowest BCUT2D eigenvalue weighted by Crippen LogP contribution is -2.40. The number of furan rings is 1. The molecule has 3 rings (SSSR count). The minimum Gasteiger partial charge on any atom is -0.463 e. The molecule has 1 aromatic carbocycles. The fourth-order valence-electron chi connectivity index (χ4n) is 2.81. The van der Waals surface area contributed by atoms with Gasteiger partial charge in [0.05, 0.1) is 18.5 Å². The van der Waals surface area contributed by atoms with Gasteiger partial charge in [-0.25, -0.2) is 4.68 Å². The number of halogens is 1. The summed E-state index contributed by atoms with van der Waals surface area (Å²) in [6.45, 7) is 4.52. The van der Waals surface area contributed by atoms with Crippen molar-refractivity contribution in [1.82, 2.24) is 20.0 Å². The van der Waals surface area contributed by atoms with Gasteiger partial charge in [-0.05, 0) is 44.2 Å². The Labute approximate surface area is 167 Å². The van der Waals surface area contributed by atoms with Crippen molar-refractivity contribution in [2.45, 2.75) is 13.8 Å². The third-order valence-electron chi connectivity index (χ3n) is 4.13. The SMILES string of the molecule is CCNC(=O)CN(CC)C(=O)c1cc(-c2ccco2)n(-c2cccc(Cl)c2)n1. The molecule has 0 atom stereocenters. The Morgan fingerprint density at radius 3 is 2.68 bits per heavy atom. The molecule has 0 radical (unpaired) electrons. The zero-order chi connectivity index (χ0) is 20.1. The first-order valence-electron chi connectivity index (χ1n) is 8.99. The Morgan fingerprint density at radius 2 is 2.04 bits per heavy atom. The van der Waals surface area contributed by atoms with Gasteiger partial charge in [-0.3, -0.25) is 9.59 Å². The van der Waals surface area contributed by atoms with Crippen LogP contribution >= 0.6 is 11.6 Å². The molecular formula is C20H21ClN4O3. The number of nitrogens with zero attached hydrogens (tertiary/aromatic N) is 3. The van der Waals surface area contributed by atoms with E-state index in [0.29, 0.717) is 35.3 Å². The van der Waals surface area contributed by atoms with Crippen molar-refractivity contribution in [3.05, 3.63) is 59.4 Å². The average molecular weight is 401 g/mol. The molecule has 0 fully saturated rings. The summed E-state index contributed by atoms with van der Waals surface area (Å²) in [7, 11) is 0. The molecule has 1 N–H and O–H groups in total. The molecule has 0 aliphatic heterocycles. The minimum absolute atomic E-state index is 0.0245. The predicted molar refractivity (Wildman–Crippen MR) is 107 cm³/mol. The Kier molecular flexibility index (Phi) is 6.16. The van der Waals surface area contributed by atoms with Crippen LogP contribution in [0.4, 0.5) is 0 Å². The van der Waals surface area contributed by atoms with Crippen LogP contribution in [0.5, 0.6) is 0 Å². The molecule has 2 aromatic heterocycles. The van der Waals surface area contributed by atoms with Crippen LogP contribution in [0.3, 0.4) is 0 Å². The lowest BCUT2D eigenvalue weighted by molar-refractivity contribution is -0.121. The van der Waals surface area contributed by atoms with Crippen LogP contribution < -0.4 is 5.32 Å². The number of aromatic nitrogens is 2. The van der Waals surface area contributed by atoms with Crippen LogP contribution in [0.2, 0.25) is 5.02 Å². The van der Waals surface area contributed by atoms with Gasteiger partial charge < -0.3 is 14.6 Å². The fourth-order valence-corrected chi connectivity index (χ4v) is 2.99. The molecule has 3 aromatic rings. The second-order valence-corrected chi connectivity index (χ2v) is 6.49. The van der Waals surface area contributed by atoms with E-state index in [0.717, 1.165) is 0 Å². The number of rotatable bonds is 7. The molecule has 28 heavy (non-hydrogen) atoms. The predicted octanol–water partition coefficient (Wildman–Crippen LogP) is 3.38. The number of carbonyl (C=O) groups excluding carboxylic acids is 2. The summed E-state index contributed by atoms with van der Waals surface area (Å²) in [6.07, 6.45) is 1.56. The van der Waals surface area contributed by atoms with Crippen LogP contribution in [-0.4, -0.2) is 46.1 Å². The molecule has 0 bridgehead atoms. The Hall–Kier alpha value is -3.06. The first kappa shape index (κ1) is 19.7. The Balaban J connectivity index is 1.99. The number of amides is 2. The second kappa shape index (κ2) is 8.75. The Bertz CT molecular complexity index is 966. The highest BCUT2D eigenvalue weighted by Crippen LogP contribution is 2.26. The lowest BCUT2D eigenvalue weighted by Gasteiger charge is -2.18. The van der Waals surface area contributed by atoms with E-state index in [9.17, 15) is 9.59 Å². The highest BCUT2D eigenvalue weighted by Gasteiger charge is 2.23.